The summed E-state index contributed by atoms with van der Waals surface area (Å²) < 4.78 is 5.20. The molecule has 0 aliphatic carbocycles. The Labute approximate surface area is 94.3 Å². The Bertz CT molecular complexity index is 466. The molecule has 3 nitrogen and oxygen atoms in total. The molecule has 1 aromatic heterocycles. The van der Waals surface area contributed by atoms with Crippen molar-refractivity contribution in [2.24, 2.45) is 0 Å². The van der Waals surface area contributed by atoms with E-state index in [1.165, 1.54) is 0 Å². The van der Waals surface area contributed by atoms with Gasteiger partial charge in [-0.2, -0.15) is 5.26 Å². The quantitative estimate of drug-likeness (QED) is 0.846. The van der Waals surface area contributed by atoms with Crippen LogP contribution in [-0.2, 0) is 13.1 Å². The highest BCUT2D eigenvalue weighted by Crippen LogP contribution is 2.04. The zero-order valence-electron chi connectivity index (χ0n) is 8.81. The lowest BCUT2D eigenvalue weighted by Crippen LogP contribution is -2.11. The van der Waals surface area contributed by atoms with Gasteiger partial charge < -0.3 is 9.73 Å². The van der Waals surface area contributed by atoms with E-state index in [9.17, 15) is 0 Å². The lowest BCUT2D eigenvalue weighted by atomic mass is 10.1. The van der Waals surface area contributed by atoms with Gasteiger partial charge in [-0.25, -0.2) is 0 Å². The average Bonchev–Trinajstić information content (AvgIpc) is 2.83. The van der Waals surface area contributed by atoms with E-state index in [-0.39, 0.29) is 0 Å². The largest absolute Gasteiger partial charge is 0.468 e. The Kier molecular flexibility index (Phi) is 3.37. The summed E-state index contributed by atoms with van der Waals surface area (Å²) in [5, 5.41) is 11.9. The monoisotopic (exact) mass is 212 g/mol. The van der Waals surface area contributed by atoms with Crippen LogP contribution in [0.3, 0.4) is 0 Å². The highest BCUT2D eigenvalue weighted by molar-refractivity contribution is 5.31. The third kappa shape index (κ3) is 2.72. The highest BCUT2D eigenvalue weighted by Gasteiger charge is 1.96. The maximum absolute atomic E-state index is 8.65. The Hall–Kier alpha value is -2.05. The molecule has 0 radical (unpaired) electrons. The number of benzene rings is 1. The molecule has 0 saturated heterocycles. The molecule has 0 bridgehead atoms. The third-order valence-electron chi connectivity index (χ3n) is 2.29. The van der Waals surface area contributed by atoms with E-state index in [0.29, 0.717) is 12.1 Å². The van der Waals surface area contributed by atoms with Gasteiger partial charge in [0.2, 0.25) is 0 Å². The molecule has 0 spiro atoms. The zero-order valence-corrected chi connectivity index (χ0v) is 8.81. The van der Waals surface area contributed by atoms with Gasteiger partial charge in [-0.3, -0.25) is 0 Å². The van der Waals surface area contributed by atoms with Gasteiger partial charge in [0, 0.05) is 6.54 Å². The van der Waals surface area contributed by atoms with Crippen molar-refractivity contribution in [3.63, 3.8) is 0 Å². The molecule has 0 saturated carbocycles. The molecule has 2 rings (SSSR count). The van der Waals surface area contributed by atoms with Crippen molar-refractivity contribution in [3.8, 4) is 6.07 Å². The minimum Gasteiger partial charge on any atom is -0.468 e. The number of furan rings is 1. The molecule has 0 aliphatic rings. The number of rotatable bonds is 4. The van der Waals surface area contributed by atoms with Crippen LogP contribution >= 0.6 is 0 Å². The second-order valence-corrected chi connectivity index (χ2v) is 3.49. The minimum atomic E-state index is 0.690. The molecular weight excluding hydrogens is 200 g/mol. The smallest absolute Gasteiger partial charge is 0.117 e. The minimum absolute atomic E-state index is 0.690. The first-order valence-electron chi connectivity index (χ1n) is 5.10. The van der Waals surface area contributed by atoms with Gasteiger partial charge in [0.05, 0.1) is 24.4 Å². The Morgan fingerprint density at radius 3 is 2.56 bits per heavy atom. The normalized spacial score (nSPS) is 9.94. The fraction of sp³-hybridized carbons (Fsp3) is 0.154. The summed E-state index contributed by atoms with van der Waals surface area (Å²) in [7, 11) is 0. The molecule has 3 heteroatoms. The predicted molar refractivity (Wildman–Crippen MR) is 60.4 cm³/mol. The highest BCUT2D eigenvalue weighted by atomic mass is 16.3. The molecule has 1 heterocycles. The number of nitriles is 1. The van der Waals surface area contributed by atoms with Crippen molar-refractivity contribution in [2.75, 3.05) is 0 Å². The molecule has 0 fully saturated rings. The van der Waals surface area contributed by atoms with E-state index in [4.69, 9.17) is 9.68 Å². The van der Waals surface area contributed by atoms with Crippen molar-refractivity contribution in [1.29, 1.82) is 5.26 Å². The van der Waals surface area contributed by atoms with Crippen LogP contribution < -0.4 is 5.32 Å². The Morgan fingerprint density at radius 2 is 1.94 bits per heavy atom. The average molecular weight is 212 g/mol. The van der Waals surface area contributed by atoms with E-state index < -0.39 is 0 Å². The van der Waals surface area contributed by atoms with E-state index in [1.54, 1.807) is 6.26 Å². The second kappa shape index (κ2) is 5.15. The Balaban J connectivity index is 1.83. The van der Waals surface area contributed by atoms with Gasteiger partial charge in [-0.05, 0) is 29.8 Å². The summed E-state index contributed by atoms with van der Waals surface area (Å²) in [5.41, 5.74) is 1.85. The maximum atomic E-state index is 8.65. The van der Waals surface area contributed by atoms with Crippen LogP contribution in [-0.4, -0.2) is 0 Å². The third-order valence-corrected chi connectivity index (χ3v) is 2.29. The molecule has 0 atom stereocenters. The maximum Gasteiger partial charge on any atom is 0.117 e. The summed E-state index contributed by atoms with van der Waals surface area (Å²) >= 11 is 0. The van der Waals surface area contributed by atoms with E-state index in [0.717, 1.165) is 17.9 Å². The molecule has 1 aromatic carbocycles. The van der Waals surface area contributed by atoms with Gasteiger partial charge in [-0.15, -0.1) is 0 Å². The van der Waals surface area contributed by atoms with Crippen molar-refractivity contribution < 1.29 is 4.42 Å². The van der Waals surface area contributed by atoms with Crippen LogP contribution in [0.25, 0.3) is 0 Å². The summed E-state index contributed by atoms with van der Waals surface area (Å²) in [5.74, 6) is 0.925. The first-order valence-corrected chi connectivity index (χ1v) is 5.10. The molecule has 0 unspecified atom stereocenters. The van der Waals surface area contributed by atoms with Crippen LogP contribution in [0.5, 0.6) is 0 Å². The molecule has 1 N–H and O–H groups in total. The van der Waals surface area contributed by atoms with Crippen LogP contribution in [0.4, 0.5) is 0 Å². The van der Waals surface area contributed by atoms with Crippen molar-refractivity contribution in [2.45, 2.75) is 13.1 Å². The lowest BCUT2D eigenvalue weighted by molar-refractivity contribution is 0.483. The van der Waals surface area contributed by atoms with Gasteiger partial charge in [0.1, 0.15) is 5.76 Å². The molecule has 0 aliphatic heterocycles. The van der Waals surface area contributed by atoms with Gasteiger partial charge >= 0.3 is 0 Å². The van der Waals surface area contributed by atoms with E-state index in [2.05, 4.69) is 11.4 Å². The van der Waals surface area contributed by atoms with Crippen molar-refractivity contribution >= 4 is 0 Å². The molecule has 0 amide bonds. The lowest BCUT2D eigenvalue weighted by Gasteiger charge is -2.02. The molecule has 80 valence electrons. The van der Waals surface area contributed by atoms with Crippen LogP contribution in [0.15, 0.2) is 47.1 Å². The first kappa shape index (κ1) is 10.5. The standard InChI is InChI=1S/C13H12N2O/c14-8-11-3-5-12(6-4-11)9-15-10-13-2-1-7-16-13/h1-7,15H,9-10H2. The van der Waals surface area contributed by atoms with Crippen molar-refractivity contribution in [1.82, 2.24) is 5.32 Å². The summed E-state index contributed by atoms with van der Waals surface area (Å²) in [4.78, 5) is 0. The number of hydrogen-bond donors (Lipinski definition) is 1. The molecule has 16 heavy (non-hydrogen) atoms. The van der Waals surface area contributed by atoms with Gasteiger partial charge in [0.15, 0.2) is 0 Å². The fourth-order valence-corrected chi connectivity index (χ4v) is 1.44. The van der Waals surface area contributed by atoms with Crippen LogP contribution in [0.2, 0.25) is 0 Å². The van der Waals surface area contributed by atoms with Crippen LogP contribution in [0.1, 0.15) is 16.9 Å². The summed E-state index contributed by atoms with van der Waals surface area (Å²) in [6, 6.07) is 13.5. The second-order valence-electron chi connectivity index (χ2n) is 3.49. The van der Waals surface area contributed by atoms with E-state index in [1.807, 2.05) is 36.4 Å². The Morgan fingerprint density at radius 1 is 1.12 bits per heavy atom. The number of hydrogen-bond acceptors (Lipinski definition) is 3. The zero-order chi connectivity index (χ0) is 11.2. The van der Waals surface area contributed by atoms with Gasteiger partial charge in [-0.1, -0.05) is 12.1 Å². The first-order chi connectivity index (χ1) is 7.88. The number of nitrogens with one attached hydrogen (secondary N) is 1. The topological polar surface area (TPSA) is 49.0 Å². The molecular formula is C13H12N2O. The predicted octanol–water partition coefficient (Wildman–Crippen LogP) is 2.44. The SMILES string of the molecule is N#Cc1ccc(CNCc2ccco2)cc1. The van der Waals surface area contributed by atoms with Crippen molar-refractivity contribution in [3.05, 3.63) is 59.5 Å². The molecule has 2 aromatic rings. The summed E-state index contributed by atoms with van der Waals surface area (Å²) in [6.45, 7) is 1.49. The number of nitrogens with zero attached hydrogens (tertiary/aromatic N) is 1. The summed E-state index contributed by atoms with van der Waals surface area (Å²) in [6.07, 6.45) is 1.67. The van der Waals surface area contributed by atoms with E-state index >= 15 is 0 Å². The van der Waals surface area contributed by atoms with Gasteiger partial charge in [0.25, 0.3) is 0 Å². The van der Waals surface area contributed by atoms with Crippen LogP contribution in [0, 0.1) is 11.3 Å². The fourth-order valence-electron chi connectivity index (χ4n) is 1.44.